The molecule has 0 aliphatic carbocycles. The molecule has 4 nitrogen and oxygen atoms in total. The van der Waals surface area contributed by atoms with Crippen molar-refractivity contribution in [2.45, 2.75) is 20.3 Å². The Labute approximate surface area is 114 Å². The minimum Gasteiger partial charge on any atom is -0.345 e. The first-order chi connectivity index (χ1) is 9.20. The number of aromatic nitrogens is 2. The molecular formula is C15H24N4. The Morgan fingerprint density at radius 1 is 1.37 bits per heavy atom. The second kappa shape index (κ2) is 6.68. The molecule has 0 aliphatic heterocycles. The lowest BCUT2D eigenvalue weighted by Gasteiger charge is -2.19. The molecule has 1 aromatic heterocycles. The molecule has 0 saturated carbocycles. The fraction of sp³-hybridized carbons (Fsp3) is 0.533. The second-order valence-corrected chi connectivity index (χ2v) is 5.45. The van der Waals surface area contributed by atoms with E-state index in [4.69, 9.17) is 5.73 Å². The third-order valence-corrected chi connectivity index (χ3v) is 3.73. The van der Waals surface area contributed by atoms with Crippen molar-refractivity contribution in [3.05, 3.63) is 30.1 Å². The highest BCUT2D eigenvalue weighted by atomic mass is 14.9. The van der Waals surface area contributed by atoms with Gasteiger partial charge in [-0.1, -0.05) is 19.9 Å². The average molecular weight is 260 g/mol. The topological polar surface area (TPSA) is 66.7 Å². The standard InChI is InChI=1S/C15H24N4/c1-11(2)13(8-16)9-17-6-5-12-3-4-14-15(7-12)19-10-18-14/h3-4,7,10-11,13,17H,5-6,8-9,16H2,1-2H3,(H,18,19). The van der Waals surface area contributed by atoms with Gasteiger partial charge in [-0.3, -0.25) is 0 Å². The maximum absolute atomic E-state index is 5.77. The minimum absolute atomic E-state index is 0.565. The molecular weight excluding hydrogens is 236 g/mol. The van der Waals surface area contributed by atoms with E-state index in [1.165, 1.54) is 5.56 Å². The van der Waals surface area contributed by atoms with Crippen molar-refractivity contribution < 1.29 is 0 Å². The normalized spacial score (nSPS) is 13.3. The highest BCUT2D eigenvalue weighted by molar-refractivity contribution is 5.75. The van der Waals surface area contributed by atoms with Gasteiger partial charge in [0.25, 0.3) is 0 Å². The van der Waals surface area contributed by atoms with E-state index in [9.17, 15) is 0 Å². The highest BCUT2D eigenvalue weighted by Gasteiger charge is 2.10. The summed E-state index contributed by atoms with van der Waals surface area (Å²) >= 11 is 0. The van der Waals surface area contributed by atoms with Crippen LogP contribution in [0.3, 0.4) is 0 Å². The number of nitrogens with two attached hydrogens (primary N) is 1. The molecule has 2 rings (SSSR count). The molecule has 0 fully saturated rings. The number of rotatable bonds is 7. The number of nitrogens with zero attached hydrogens (tertiary/aromatic N) is 1. The zero-order valence-corrected chi connectivity index (χ0v) is 11.8. The highest BCUT2D eigenvalue weighted by Crippen LogP contribution is 2.12. The molecule has 104 valence electrons. The van der Waals surface area contributed by atoms with Gasteiger partial charge in [0.05, 0.1) is 17.4 Å². The summed E-state index contributed by atoms with van der Waals surface area (Å²) in [6.07, 6.45) is 2.77. The second-order valence-electron chi connectivity index (χ2n) is 5.45. The lowest BCUT2D eigenvalue weighted by molar-refractivity contribution is 0.372. The number of hydrogen-bond donors (Lipinski definition) is 3. The first-order valence-corrected chi connectivity index (χ1v) is 7.03. The fourth-order valence-corrected chi connectivity index (χ4v) is 2.25. The van der Waals surface area contributed by atoms with E-state index in [-0.39, 0.29) is 0 Å². The summed E-state index contributed by atoms with van der Waals surface area (Å²) in [6.45, 7) is 7.20. The van der Waals surface area contributed by atoms with Crippen LogP contribution in [0.15, 0.2) is 24.5 Å². The van der Waals surface area contributed by atoms with Gasteiger partial charge in [-0.25, -0.2) is 4.98 Å². The minimum atomic E-state index is 0.565. The van der Waals surface area contributed by atoms with Crippen LogP contribution in [0.25, 0.3) is 11.0 Å². The lowest BCUT2D eigenvalue weighted by Crippen LogP contribution is -2.32. The molecule has 0 bridgehead atoms. The quantitative estimate of drug-likeness (QED) is 0.666. The zero-order chi connectivity index (χ0) is 13.7. The zero-order valence-electron chi connectivity index (χ0n) is 11.8. The number of benzene rings is 1. The van der Waals surface area contributed by atoms with E-state index in [1.807, 2.05) is 0 Å². The molecule has 2 aromatic rings. The van der Waals surface area contributed by atoms with Crippen molar-refractivity contribution >= 4 is 11.0 Å². The Bertz CT molecular complexity index is 504. The molecule has 1 aromatic carbocycles. The van der Waals surface area contributed by atoms with Crippen LogP contribution in [0.1, 0.15) is 19.4 Å². The van der Waals surface area contributed by atoms with Gasteiger partial charge in [-0.05, 0) is 55.6 Å². The molecule has 0 saturated heterocycles. The van der Waals surface area contributed by atoms with Crippen molar-refractivity contribution in [1.29, 1.82) is 0 Å². The Morgan fingerprint density at radius 3 is 2.95 bits per heavy atom. The van der Waals surface area contributed by atoms with Gasteiger partial charge in [0.1, 0.15) is 0 Å². The van der Waals surface area contributed by atoms with E-state index < -0.39 is 0 Å². The largest absolute Gasteiger partial charge is 0.345 e. The van der Waals surface area contributed by atoms with Crippen molar-refractivity contribution in [1.82, 2.24) is 15.3 Å². The maximum Gasteiger partial charge on any atom is 0.0931 e. The number of H-pyrrole nitrogens is 1. The van der Waals surface area contributed by atoms with Crippen LogP contribution >= 0.6 is 0 Å². The SMILES string of the molecule is CC(C)C(CN)CNCCc1ccc2nc[nH]c2c1. The Morgan fingerprint density at radius 2 is 2.21 bits per heavy atom. The van der Waals surface area contributed by atoms with E-state index in [1.54, 1.807) is 6.33 Å². The monoisotopic (exact) mass is 260 g/mol. The van der Waals surface area contributed by atoms with E-state index >= 15 is 0 Å². The average Bonchev–Trinajstić information content (AvgIpc) is 2.85. The van der Waals surface area contributed by atoms with Crippen LogP contribution < -0.4 is 11.1 Å². The molecule has 1 heterocycles. The van der Waals surface area contributed by atoms with Crippen molar-refractivity contribution in [3.8, 4) is 0 Å². The molecule has 0 amide bonds. The summed E-state index contributed by atoms with van der Waals surface area (Å²) in [7, 11) is 0. The summed E-state index contributed by atoms with van der Waals surface area (Å²) in [4.78, 5) is 7.37. The van der Waals surface area contributed by atoms with Crippen LogP contribution in [0, 0.1) is 11.8 Å². The first kappa shape index (κ1) is 14.0. The van der Waals surface area contributed by atoms with Crippen LogP contribution in [0.5, 0.6) is 0 Å². The number of nitrogens with one attached hydrogen (secondary N) is 2. The number of aromatic amines is 1. The molecule has 4 heteroatoms. The summed E-state index contributed by atoms with van der Waals surface area (Å²) in [6, 6.07) is 6.39. The molecule has 0 spiro atoms. The van der Waals surface area contributed by atoms with Gasteiger partial charge < -0.3 is 16.0 Å². The van der Waals surface area contributed by atoms with Crippen LogP contribution in [0.4, 0.5) is 0 Å². The van der Waals surface area contributed by atoms with Gasteiger partial charge in [0, 0.05) is 0 Å². The van der Waals surface area contributed by atoms with Crippen LogP contribution in [0.2, 0.25) is 0 Å². The summed E-state index contributed by atoms with van der Waals surface area (Å²) < 4.78 is 0. The smallest absolute Gasteiger partial charge is 0.0931 e. The van der Waals surface area contributed by atoms with Crippen LogP contribution in [-0.4, -0.2) is 29.6 Å². The third-order valence-electron chi connectivity index (χ3n) is 3.73. The van der Waals surface area contributed by atoms with E-state index in [2.05, 4.69) is 47.3 Å². The van der Waals surface area contributed by atoms with Gasteiger partial charge >= 0.3 is 0 Å². The van der Waals surface area contributed by atoms with Gasteiger partial charge in [-0.2, -0.15) is 0 Å². The van der Waals surface area contributed by atoms with E-state index in [0.717, 1.165) is 37.1 Å². The molecule has 1 unspecified atom stereocenters. The maximum atomic E-state index is 5.77. The van der Waals surface area contributed by atoms with Gasteiger partial charge in [0.2, 0.25) is 0 Å². The van der Waals surface area contributed by atoms with Gasteiger partial charge in [0.15, 0.2) is 0 Å². The third kappa shape index (κ3) is 3.78. The fourth-order valence-electron chi connectivity index (χ4n) is 2.25. The Kier molecular flexibility index (Phi) is 4.93. The lowest BCUT2D eigenvalue weighted by atomic mass is 9.96. The predicted octanol–water partition coefficient (Wildman–Crippen LogP) is 1.93. The Balaban J connectivity index is 1.79. The van der Waals surface area contributed by atoms with Crippen molar-refractivity contribution in [2.24, 2.45) is 17.6 Å². The summed E-state index contributed by atoms with van der Waals surface area (Å²) in [5.74, 6) is 1.20. The predicted molar refractivity (Wildman–Crippen MR) is 80.0 cm³/mol. The number of hydrogen-bond acceptors (Lipinski definition) is 3. The molecule has 1 atom stereocenters. The summed E-state index contributed by atoms with van der Waals surface area (Å²) in [5.41, 5.74) is 9.24. The summed E-state index contributed by atoms with van der Waals surface area (Å²) in [5, 5.41) is 3.50. The number of imidazole rings is 1. The van der Waals surface area contributed by atoms with E-state index in [0.29, 0.717) is 11.8 Å². The first-order valence-electron chi connectivity index (χ1n) is 7.03. The molecule has 19 heavy (non-hydrogen) atoms. The molecule has 0 radical (unpaired) electrons. The molecule has 4 N–H and O–H groups in total. The molecule has 0 aliphatic rings. The number of fused-ring (bicyclic) bond motifs is 1. The van der Waals surface area contributed by atoms with Crippen LogP contribution in [-0.2, 0) is 6.42 Å². The van der Waals surface area contributed by atoms with Crippen molar-refractivity contribution in [3.63, 3.8) is 0 Å². The van der Waals surface area contributed by atoms with Crippen molar-refractivity contribution in [2.75, 3.05) is 19.6 Å². The Hall–Kier alpha value is -1.39. The van der Waals surface area contributed by atoms with Gasteiger partial charge in [-0.15, -0.1) is 0 Å².